The minimum Gasteiger partial charge on any atom is -0.369 e. The molecule has 2 aromatic carbocycles. The highest BCUT2D eigenvalue weighted by atomic mass is 35.5. The highest BCUT2D eigenvalue weighted by Crippen LogP contribution is 2.13. The lowest BCUT2D eigenvalue weighted by Gasteiger charge is -2.05. The SMILES string of the molecule is NC(=NCCCCCCN=C(N)N=C(N)Nc1ccc(Cl)cc1)N=C(N)Nc1ccc(Cl)cc1.O=S(=O)(O)O.O=S(=O)(O)O. The van der Waals surface area contributed by atoms with Crippen LogP contribution in [0.2, 0.25) is 10.0 Å². The van der Waals surface area contributed by atoms with E-state index in [1.165, 1.54) is 0 Å². The van der Waals surface area contributed by atoms with Crippen LogP contribution in [0.5, 0.6) is 0 Å². The number of unbranched alkanes of at least 4 members (excludes halogenated alkanes) is 3. The molecule has 0 fully saturated rings. The molecule has 22 heteroatoms. The van der Waals surface area contributed by atoms with Crippen LogP contribution in [-0.2, 0) is 20.8 Å². The zero-order valence-electron chi connectivity index (χ0n) is 23.0. The topological polar surface area (TPSA) is 327 Å². The maximum atomic E-state index is 8.74. The molecular formula is C22H34Cl2N10O8S2. The first-order chi connectivity index (χ1) is 20.3. The summed E-state index contributed by atoms with van der Waals surface area (Å²) in [5.41, 5.74) is 24.8. The Balaban J connectivity index is 0.00000159. The third kappa shape index (κ3) is 28.4. The summed E-state index contributed by atoms with van der Waals surface area (Å²) in [7, 11) is -9.33. The molecule has 0 aliphatic rings. The lowest BCUT2D eigenvalue weighted by Crippen LogP contribution is -2.26. The quantitative estimate of drug-likeness (QED) is 0.0774. The second-order valence-corrected chi connectivity index (χ2v) is 10.7. The van der Waals surface area contributed by atoms with Gasteiger partial charge in [-0.05, 0) is 61.4 Å². The zero-order chi connectivity index (χ0) is 33.8. The molecule has 0 unspecified atom stereocenters. The van der Waals surface area contributed by atoms with E-state index in [1.54, 1.807) is 48.5 Å². The monoisotopic (exact) mass is 700 g/mol. The summed E-state index contributed by atoms with van der Waals surface area (Å²) in [6, 6.07) is 14.1. The van der Waals surface area contributed by atoms with Gasteiger partial charge < -0.3 is 33.6 Å². The van der Waals surface area contributed by atoms with Gasteiger partial charge in [-0.15, -0.1) is 0 Å². The molecule has 0 atom stereocenters. The van der Waals surface area contributed by atoms with Gasteiger partial charge in [-0.2, -0.15) is 26.8 Å². The molecule has 0 aliphatic carbocycles. The number of hydrogen-bond acceptors (Lipinski definition) is 6. The molecule has 0 saturated carbocycles. The highest BCUT2D eigenvalue weighted by molar-refractivity contribution is 7.80. The third-order valence-corrected chi connectivity index (χ3v) is 4.82. The van der Waals surface area contributed by atoms with E-state index in [2.05, 4.69) is 30.6 Å². The molecule has 246 valence electrons. The minimum atomic E-state index is -4.67. The maximum absolute atomic E-state index is 8.74. The van der Waals surface area contributed by atoms with E-state index in [0.29, 0.717) is 23.1 Å². The van der Waals surface area contributed by atoms with Crippen molar-refractivity contribution in [2.45, 2.75) is 25.7 Å². The fourth-order valence-corrected chi connectivity index (χ4v) is 2.95. The summed E-state index contributed by atoms with van der Waals surface area (Å²) in [5.74, 6) is 0.564. The van der Waals surface area contributed by atoms with Crippen LogP contribution < -0.4 is 33.6 Å². The lowest BCUT2D eigenvalue weighted by atomic mass is 10.2. The summed E-state index contributed by atoms with van der Waals surface area (Å²) in [6.45, 7) is 1.12. The summed E-state index contributed by atoms with van der Waals surface area (Å²) in [4.78, 5) is 16.5. The van der Waals surface area contributed by atoms with Crippen molar-refractivity contribution < 1.29 is 35.0 Å². The molecule has 0 spiro atoms. The van der Waals surface area contributed by atoms with Gasteiger partial charge in [-0.3, -0.25) is 28.2 Å². The molecule has 0 saturated heterocycles. The Kier molecular flexibility index (Phi) is 19.2. The van der Waals surface area contributed by atoms with Gasteiger partial charge in [0.2, 0.25) is 23.8 Å². The molecule has 0 bridgehead atoms. The van der Waals surface area contributed by atoms with Crippen LogP contribution >= 0.6 is 23.2 Å². The normalized spacial score (nSPS) is 12.8. The zero-order valence-corrected chi connectivity index (χ0v) is 26.1. The van der Waals surface area contributed by atoms with Crippen LogP contribution in [0.1, 0.15) is 25.7 Å². The number of nitrogens with two attached hydrogens (primary N) is 4. The second-order valence-electron chi connectivity index (χ2n) is 8.05. The first-order valence-corrected chi connectivity index (χ1v) is 15.6. The Morgan fingerprint density at radius 1 is 0.591 bits per heavy atom. The Morgan fingerprint density at radius 3 is 1.14 bits per heavy atom. The van der Waals surface area contributed by atoms with E-state index in [9.17, 15) is 0 Å². The van der Waals surface area contributed by atoms with Crippen molar-refractivity contribution in [3.05, 3.63) is 58.6 Å². The molecule has 0 aromatic heterocycles. The number of rotatable bonds is 9. The van der Waals surface area contributed by atoms with E-state index < -0.39 is 20.8 Å². The lowest BCUT2D eigenvalue weighted by molar-refractivity contribution is 0.378. The van der Waals surface area contributed by atoms with Crippen molar-refractivity contribution in [2.24, 2.45) is 42.9 Å². The number of guanidine groups is 4. The fraction of sp³-hybridized carbons (Fsp3) is 0.273. The van der Waals surface area contributed by atoms with E-state index in [4.69, 9.17) is 81.2 Å². The molecule has 0 amide bonds. The standard InChI is InChI=1S/C22H30Cl2N10.2H2O4S/c23-15-5-9-17(10-6-15)31-21(27)33-19(25)29-13-3-1-2-4-14-30-20(26)34-22(28)32-18-11-7-16(24)8-12-18;2*1-5(2,3)4/h5-12H,1-4,13-14H2,(H5,25,27,29,31,33)(H5,26,28,30,32,34);2*(H2,1,2,3,4). The summed E-state index contributed by atoms with van der Waals surface area (Å²) in [6.07, 6.45) is 3.68. The van der Waals surface area contributed by atoms with Crippen molar-refractivity contribution >= 4 is 79.2 Å². The maximum Gasteiger partial charge on any atom is 0.394 e. The van der Waals surface area contributed by atoms with Gasteiger partial charge in [-0.25, -0.2) is 0 Å². The molecular weight excluding hydrogens is 667 g/mol. The van der Waals surface area contributed by atoms with Crippen LogP contribution in [-0.4, -0.2) is 72.0 Å². The van der Waals surface area contributed by atoms with Crippen molar-refractivity contribution in [3.8, 4) is 0 Å². The number of hydrogen-bond donors (Lipinski definition) is 10. The third-order valence-electron chi connectivity index (χ3n) is 4.32. The molecule has 14 N–H and O–H groups in total. The number of aliphatic imine (C=N–C) groups is 4. The minimum absolute atomic E-state index is 0.124. The predicted octanol–water partition coefficient (Wildman–Crippen LogP) is 2.03. The van der Waals surface area contributed by atoms with Crippen molar-refractivity contribution in [1.29, 1.82) is 0 Å². The number of nitrogens with one attached hydrogen (secondary N) is 2. The molecule has 44 heavy (non-hydrogen) atoms. The smallest absolute Gasteiger partial charge is 0.369 e. The Labute approximate surface area is 264 Å². The summed E-state index contributed by atoms with van der Waals surface area (Å²) < 4.78 is 63.2. The van der Waals surface area contributed by atoms with E-state index in [-0.39, 0.29) is 23.8 Å². The first kappa shape index (κ1) is 40.2. The first-order valence-electron chi connectivity index (χ1n) is 12.0. The fourth-order valence-electron chi connectivity index (χ4n) is 2.70. The predicted molar refractivity (Wildman–Crippen MR) is 173 cm³/mol. The molecule has 2 aromatic rings. The number of nitrogens with zero attached hydrogens (tertiary/aromatic N) is 4. The van der Waals surface area contributed by atoms with E-state index >= 15 is 0 Å². The number of anilines is 2. The van der Waals surface area contributed by atoms with Crippen molar-refractivity contribution in [1.82, 2.24) is 0 Å². The average molecular weight is 702 g/mol. The van der Waals surface area contributed by atoms with E-state index in [0.717, 1.165) is 37.1 Å². The molecule has 0 heterocycles. The second kappa shape index (κ2) is 21.0. The average Bonchev–Trinajstić information content (AvgIpc) is 2.86. The molecule has 2 rings (SSSR count). The van der Waals surface area contributed by atoms with Gasteiger partial charge in [0, 0.05) is 34.5 Å². The van der Waals surface area contributed by atoms with Gasteiger partial charge >= 0.3 is 20.8 Å². The molecule has 0 aliphatic heterocycles. The largest absolute Gasteiger partial charge is 0.394 e. The molecule has 0 radical (unpaired) electrons. The Hall–Kier alpha value is -3.76. The summed E-state index contributed by atoms with van der Waals surface area (Å²) in [5, 5.41) is 7.11. The number of halogens is 2. The van der Waals surface area contributed by atoms with Crippen LogP contribution in [0.15, 0.2) is 68.5 Å². The Bertz CT molecular complexity index is 1360. The Morgan fingerprint density at radius 2 is 0.864 bits per heavy atom. The van der Waals surface area contributed by atoms with Gasteiger partial charge in [0.05, 0.1) is 0 Å². The van der Waals surface area contributed by atoms with Crippen molar-refractivity contribution in [3.63, 3.8) is 0 Å². The van der Waals surface area contributed by atoms with Gasteiger partial charge in [0.25, 0.3) is 0 Å². The van der Waals surface area contributed by atoms with E-state index in [1.807, 2.05) is 0 Å². The van der Waals surface area contributed by atoms with Gasteiger partial charge in [-0.1, -0.05) is 36.0 Å². The summed E-state index contributed by atoms with van der Waals surface area (Å²) >= 11 is 11.7. The van der Waals surface area contributed by atoms with Crippen LogP contribution in [0.4, 0.5) is 11.4 Å². The number of benzene rings is 2. The van der Waals surface area contributed by atoms with Crippen LogP contribution in [0.25, 0.3) is 0 Å². The van der Waals surface area contributed by atoms with Gasteiger partial charge in [0.15, 0.2) is 0 Å². The van der Waals surface area contributed by atoms with Crippen LogP contribution in [0, 0.1) is 0 Å². The van der Waals surface area contributed by atoms with Gasteiger partial charge in [0.1, 0.15) is 0 Å². The van der Waals surface area contributed by atoms with Crippen LogP contribution in [0.3, 0.4) is 0 Å². The molecule has 18 nitrogen and oxygen atoms in total. The van der Waals surface area contributed by atoms with Crippen molar-refractivity contribution in [2.75, 3.05) is 23.7 Å². The highest BCUT2D eigenvalue weighted by Gasteiger charge is 1.99.